The Kier molecular flexibility index (Phi) is 4.40. The van der Waals surface area contributed by atoms with Crippen molar-refractivity contribution in [1.82, 2.24) is 4.90 Å². The molecule has 0 amide bonds. The highest BCUT2D eigenvalue weighted by Crippen LogP contribution is 2.37. The Morgan fingerprint density at radius 2 is 1.76 bits per heavy atom. The molecule has 3 atom stereocenters. The topological polar surface area (TPSA) is 3.24 Å². The molecule has 0 spiro atoms. The zero-order valence-electron chi connectivity index (χ0n) is 9.85. The van der Waals surface area contributed by atoms with E-state index in [0.29, 0.717) is 12.0 Å². The van der Waals surface area contributed by atoms with Crippen molar-refractivity contribution in [2.75, 3.05) is 13.1 Å². The van der Waals surface area contributed by atoms with E-state index >= 15 is 0 Å². The fourth-order valence-electron chi connectivity index (χ4n) is 3.26. The second kappa shape index (κ2) is 5.47. The smallest absolute Gasteiger partial charge is 0.299 e. The van der Waals surface area contributed by atoms with Crippen molar-refractivity contribution < 1.29 is 13.2 Å². The standard InChI is InChI=1S/C12H19BrF3N/c13-11(12(14,15)16)8-17-7-3-5-9-4-1-2-6-10(9)17/h9-11H,1-8H2/t9-,10-,11?/m1/s1. The molecule has 1 nitrogen and oxygen atoms in total. The molecule has 1 unspecified atom stereocenters. The minimum Gasteiger partial charge on any atom is -0.299 e. The molecule has 2 aliphatic rings. The maximum absolute atomic E-state index is 12.6. The monoisotopic (exact) mass is 313 g/mol. The first-order chi connectivity index (χ1) is 7.98. The van der Waals surface area contributed by atoms with Crippen molar-refractivity contribution in [1.29, 1.82) is 0 Å². The Morgan fingerprint density at radius 1 is 1.12 bits per heavy atom. The van der Waals surface area contributed by atoms with E-state index in [1.807, 2.05) is 0 Å². The molecule has 0 aromatic heterocycles. The minimum absolute atomic E-state index is 0.116. The van der Waals surface area contributed by atoms with Crippen LogP contribution in [0.2, 0.25) is 0 Å². The van der Waals surface area contributed by atoms with Crippen LogP contribution in [0.5, 0.6) is 0 Å². The lowest BCUT2D eigenvalue weighted by atomic mass is 9.78. The highest BCUT2D eigenvalue weighted by molar-refractivity contribution is 9.09. The second-order valence-electron chi connectivity index (χ2n) is 5.26. The number of nitrogens with zero attached hydrogens (tertiary/aromatic N) is 1. The molecule has 1 heterocycles. The number of piperidine rings is 1. The third-order valence-electron chi connectivity index (χ3n) is 4.11. The minimum atomic E-state index is -4.12. The highest BCUT2D eigenvalue weighted by atomic mass is 79.9. The van der Waals surface area contributed by atoms with E-state index in [2.05, 4.69) is 20.8 Å². The third-order valence-corrected chi connectivity index (χ3v) is 4.92. The zero-order chi connectivity index (χ0) is 12.5. The van der Waals surface area contributed by atoms with Gasteiger partial charge in [0, 0.05) is 12.6 Å². The molecule has 1 aliphatic carbocycles. The van der Waals surface area contributed by atoms with Crippen LogP contribution >= 0.6 is 15.9 Å². The van der Waals surface area contributed by atoms with Crippen LogP contribution in [-0.2, 0) is 0 Å². The first-order valence-corrected chi connectivity index (χ1v) is 7.35. The predicted octanol–water partition coefficient (Wildman–Crippen LogP) is 3.97. The van der Waals surface area contributed by atoms with E-state index in [0.717, 1.165) is 19.4 Å². The Bertz CT molecular complexity index is 255. The van der Waals surface area contributed by atoms with Crippen molar-refractivity contribution in [2.24, 2.45) is 5.92 Å². The van der Waals surface area contributed by atoms with Gasteiger partial charge in [0.05, 0.1) is 0 Å². The molecule has 1 aliphatic heterocycles. The van der Waals surface area contributed by atoms with Crippen molar-refractivity contribution in [3.63, 3.8) is 0 Å². The van der Waals surface area contributed by atoms with Gasteiger partial charge in [0.2, 0.25) is 0 Å². The summed E-state index contributed by atoms with van der Waals surface area (Å²) >= 11 is 2.78. The van der Waals surface area contributed by atoms with E-state index < -0.39 is 11.0 Å². The largest absolute Gasteiger partial charge is 0.402 e. The summed E-state index contributed by atoms with van der Waals surface area (Å²) in [6.07, 6.45) is 2.87. The van der Waals surface area contributed by atoms with Gasteiger partial charge >= 0.3 is 6.18 Å². The van der Waals surface area contributed by atoms with Crippen LogP contribution in [0.25, 0.3) is 0 Å². The zero-order valence-corrected chi connectivity index (χ0v) is 11.4. The molecule has 2 rings (SSSR count). The summed E-state index contributed by atoms with van der Waals surface area (Å²) in [5.41, 5.74) is 0. The van der Waals surface area contributed by atoms with Gasteiger partial charge in [-0.25, -0.2) is 0 Å². The maximum Gasteiger partial charge on any atom is 0.402 e. The molecule has 0 aromatic carbocycles. The molecule has 5 heteroatoms. The molecule has 100 valence electrons. The lowest BCUT2D eigenvalue weighted by molar-refractivity contribution is -0.133. The molecule has 0 bridgehead atoms. The molecule has 17 heavy (non-hydrogen) atoms. The average molecular weight is 314 g/mol. The molecular weight excluding hydrogens is 295 g/mol. The third kappa shape index (κ3) is 3.37. The summed E-state index contributed by atoms with van der Waals surface area (Å²) in [6.45, 7) is 0.948. The quantitative estimate of drug-likeness (QED) is 0.697. The maximum atomic E-state index is 12.6. The van der Waals surface area contributed by atoms with Gasteiger partial charge in [-0.1, -0.05) is 28.8 Å². The van der Waals surface area contributed by atoms with Crippen molar-refractivity contribution >= 4 is 15.9 Å². The van der Waals surface area contributed by atoms with Gasteiger partial charge in [0.15, 0.2) is 0 Å². The summed E-state index contributed by atoms with van der Waals surface area (Å²) < 4.78 is 37.7. The first kappa shape index (κ1) is 13.7. The molecule has 0 aromatic rings. The van der Waals surface area contributed by atoms with Gasteiger partial charge < -0.3 is 0 Å². The van der Waals surface area contributed by atoms with Crippen molar-refractivity contribution in [3.8, 4) is 0 Å². The van der Waals surface area contributed by atoms with Crippen LogP contribution < -0.4 is 0 Å². The van der Waals surface area contributed by atoms with Crippen LogP contribution in [-0.4, -0.2) is 35.0 Å². The summed E-state index contributed by atoms with van der Waals surface area (Å²) in [5, 5.41) is 0. The molecule has 0 N–H and O–H groups in total. The number of fused-ring (bicyclic) bond motifs is 1. The van der Waals surface area contributed by atoms with Crippen molar-refractivity contribution in [3.05, 3.63) is 0 Å². The number of hydrogen-bond donors (Lipinski definition) is 0. The molecule has 2 fully saturated rings. The summed E-state index contributed by atoms with van der Waals surface area (Å²) in [4.78, 5) is 0.691. The number of alkyl halides is 4. The summed E-state index contributed by atoms with van der Waals surface area (Å²) in [6, 6.07) is 0.403. The number of rotatable bonds is 2. The van der Waals surface area contributed by atoms with Crippen LogP contribution in [0.3, 0.4) is 0 Å². The SMILES string of the molecule is FC(F)(F)C(Br)CN1CCC[C@H]2CCCC[C@H]21. The fourth-order valence-corrected chi connectivity index (χ4v) is 3.64. The van der Waals surface area contributed by atoms with Gasteiger partial charge in [0.1, 0.15) is 4.83 Å². The Morgan fingerprint density at radius 3 is 2.47 bits per heavy atom. The lowest BCUT2D eigenvalue weighted by Crippen LogP contribution is -2.50. The number of halogens is 4. The van der Waals surface area contributed by atoms with E-state index in [1.165, 1.54) is 25.7 Å². The second-order valence-corrected chi connectivity index (χ2v) is 6.36. The van der Waals surface area contributed by atoms with Crippen LogP contribution in [0.4, 0.5) is 13.2 Å². The van der Waals surface area contributed by atoms with Crippen LogP contribution in [0, 0.1) is 5.92 Å². The van der Waals surface area contributed by atoms with E-state index in [1.54, 1.807) is 0 Å². The summed E-state index contributed by atoms with van der Waals surface area (Å²) in [5.74, 6) is 0.644. The first-order valence-electron chi connectivity index (χ1n) is 6.43. The van der Waals surface area contributed by atoms with Gasteiger partial charge in [0.25, 0.3) is 0 Å². The average Bonchev–Trinajstić information content (AvgIpc) is 2.28. The number of likely N-dealkylation sites (tertiary alicyclic amines) is 1. The predicted molar refractivity (Wildman–Crippen MR) is 65.3 cm³/mol. The van der Waals surface area contributed by atoms with Gasteiger partial charge in [-0.15, -0.1) is 0 Å². The van der Waals surface area contributed by atoms with E-state index in [-0.39, 0.29) is 6.54 Å². The van der Waals surface area contributed by atoms with Crippen LogP contribution in [0.1, 0.15) is 38.5 Å². The molecule has 0 radical (unpaired) electrons. The molecule has 1 saturated heterocycles. The normalized spacial score (nSPS) is 33.2. The van der Waals surface area contributed by atoms with E-state index in [9.17, 15) is 13.2 Å². The lowest BCUT2D eigenvalue weighted by Gasteiger charge is -2.45. The Balaban J connectivity index is 1.95. The highest BCUT2D eigenvalue weighted by Gasteiger charge is 2.41. The summed E-state index contributed by atoms with van der Waals surface area (Å²) in [7, 11) is 0. The Labute approximate surface area is 109 Å². The van der Waals surface area contributed by atoms with Crippen LogP contribution in [0.15, 0.2) is 0 Å². The van der Waals surface area contributed by atoms with Gasteiger partial charge in [-0.05, 0) is 38.1 Å². The van der Waals surface area contributed by atoms with Crippen molar-refractivity contribution in [2.45, 2.75) is 55.6 Å². The van der Waals surface area contributed by atoms with Gasteiger partial charge in [-0.3, -0.25) is 4.90 Å². The fraction of sp³-hybridized carbons (Fsp3) is 1.00. The Hall–Kier alpha value is 0.230. The van der Waals surface area contributed by atoms with E-state index in [4.69, 9.17) is 0 Å². The number of hydrogen-bond acceptors (Lipinski definition) is 1. The molecular formula is C12H19BrF3N. The molecule has 1 saturated carbocycles. The van der Waals surface area contributed by atoms with Gasteiger partial charge in [-0.2, -0.15) is 13.2 Å².